The molecule has 0 amide bonds. The molecule has 1 heterocycles. The Morgan fingerprint density at radius 2 is 1.89 bits per heavy atom. The quantitative estimate of drug-likeness (QED) is 0.878. The van der Waals surface area contributed by atoms with Crippen molar-refractivity contribution in [2.45, 2.75) is 32.1 Å². The van der Waals surface area contributed by atoms with E-state index < -0.39 is 14.6 Å². The van der Waals surface area contributed by atoms with Crippen LogP contribution in [0.5, 0.6) is 0 Å². The molecule has 2 N–H and O–H groups in total. The Labute approximate surface area is 114 Å². The summed E-state index contributed by atoms with van der Waals surface area (Å²) in [7, 11) is -3.10. The highest BCUT2D eigenvalue weighted by molar-refractivity contribution is 7.92. The molecule has 4 nitrogen and oxygen atoms in total. The van der Waals surface area contributed by atoms with Gasteiger partial charge in [0, 0.05) is 23.8 Å². The topological polar surface area (TPSA) is 65.1 Å². The van der Waals surface area contributed by atoms with Crippen molar-refractivity contribution in [2.75, 3.05) is 11.5 Å². The fraction of sp³-hybridized carbons (Fsp3) is 0.429. The van der Waals surface area contributed by atoms with E-state index in [1.807, 2.05) is 35.0 Å². The molecule has 0 unspecified atom stereocenters. The highest BCUT2D eigenvalue weighted by atomic mass is 32.2. The van der Waals surface area contributed by atoms with Gasteiger partial charge < -0.3 is 10.3 Å². The lowest BCUT2D eigenvalue weighted by molar-refractivity contribution is 0.555. The van der Waals surface area contributed by atoms with Crippen LogP contribution in [-0.4, -0.2) is 23.5 Å². The van der Waals surface area contributed by atoms with Crippen LogP contribution in [0, 0.1) is 0 Å². The van der Waals surface area contributed by atoms with Crippen LogP contribution in [0.2, 0.25) is 0 Å². The fourth-order valence-corrected chi connectivity index (χ4v) is 3.02. The second-order valence-electron chi connectivity index (χ2n) is 5.72. The Morgan fingerprint density at radius 3 is 2.53 bits per heavy atom. The molecule has 0 radical (unpaired) electrons. The Hall–Kier alpha value is -1.49. The smallest absolute Gasteiger partial charge is 0.156 e. The first-order chi connectivity index (χ1) is 8.72. The highest BCUT2D eigenvalue weighted by Gasteiger charge is 2.28. The maximum Gasteiger partial charge on any atom is 0.156 e. The molecule has 1 aromatic heterocycles. The number of aryl methyl sites for hydroxylation is 1. The molecule has 104 valence electrons. The van der Waals surface area contributed by atoms with E-state index in [0.29, 0.717) is 6.54 Å². The molecule has 0 spiro atoms. The maximum absolute atomic E-state index is 12.1. The predicted octanol–water partition coefficient (Wildman–Crippen LogP) is 2.44. The second-order valence-corrected chi connectivity index (χ2v) is 8.58. The van der Waals surface area contributed by atoms with Gasteiger partial charge in [-0.3, -0.25) is 0 Å². The number of nitrogens with zero attached hydrogens (tertiary/aromatic N) is 1. The summed E-state index contributed by atoms with van der Waals surface area (Å²) in [6.07, 6.45) is 1.89. The van der Waals surface area contributed by atoms with Gasteiger partial charge in [0.1, 0.15) is 0 Å². The first-order valence-electron chi connectivity index (χ1n) is 6.28. The van der Waals surface area contributed by atoms with Gasteiger partial charge in [-0.25, -0.2) is 8.42 Å². The molecule has 0 atom stereocenters. The van der Waals surface area contributed by atoms with Crippen LogP contribution in [-0.2, 0) is 16.4 Å². The average Bonchev–Trinajstić information content (AvgIpc) is 2.70. The SMILES string of the molecule is CC(C)(C)S(=O)(=O)CCn1ccc2c(N)cccc21. The van der Waals surface area contributed by atoms with E-state index in [2.05, 4.69) is 0 Å². The number of anilines is 1. The molecule has 0 aliphatic carbocycles. The number of hydrogen-bond donors (Lipinski definition) is 1. The molecule has 2 rings (SSSR count). The normalized spacial score (nSPS) is 13.0. The summed E-state index contributed by atoms with van der Waals surface area (Å²) in [5, 5.41) is 0.968. The average molecular weight is 280 g/mol. The lowest BCUT2D eigenvalue weighted by Gasteiger charge is -2.19. The van der Waals surface area contributed by atoms with E-state index in [1.165, 1.54) is 0 Å². The summed E-state index contributed by atoms with van der Waals surface area (Å²) < 4.78 is 25.5. The lowest BCUT2D eigenvalue weighted by Crippen LogP contribution is -2.31. The third kappa shape index (κ3) is 2.61. The van der Waals surface area contributed by atoms with Crippen LogP contribution >= 0.6 is 0 Å². The third-order valence-corrected chi connectivity index (χ3v) is 5.97. The van der Waals surface area contributed by atoms with Gasteiger partial charge in [0.05, 0.1) is 16.0 Å². The number of aromatic nitrogens is 1. The fourth-order valence-electron chi connectivity index (χ4n) is 1.97. The van der Waals surface area contributed by atoms with Gasteiger partial charge in [0.15, 0.2) is 9.84 Å². The van der Waals surface area contributed by atoms with E-state index in [4.69, 9.17) is 5.73 Å². The van der Waals surface area contributed by atoms with Crippen LogP contribution in [0.3, 0.4) is 0 Å². The van der Waals surface area contributed by atoms with E-state index in [0.717, 1.165) is 16.6 Å². The van der Waals surface area contributed by atoms with E-state index in [1.54, 1.807) is 20.8 Å². The Bertz CT molecular complexity index is 694. The van der Waals surface area contributed by atoms with Gasteiger partial charge in [0.2, 0.25) is 0 Å². The molecule has 1 aromatic carbocycles. The molecule has 0 fully saturated rings. The molecule has 5 heteroatoms. The number of nitrogen functional groups attached to an aromatic ring is 1. The van der Waals surface area contributed by atoms with Gasteiger partial charge in [-0.1, -0.05) is 6.07 Å². The molecule has 0 aliphatic heterocycles. The number of fused-ring (bicyclic) bond motifs is 1. The summed E-state index contributed by atoms with van der Waals surface area (Å²) in [5.41, 5.74) is 7.58. The van der Waals surface area contributed by atoms with Gasteiger partial charge in [0.25, 0.3) is 0 Å². The summed E-state index contributed by atoms with van der Waals surface area (Å²) in [6, 6.07) is 7.61. The van der Waals surface area contributed by atoms with Crippen molar-refractivity contribution in [3.63, 3.8) is 0 Å². The standard InChI is InChI=1S/C14H20N2O2S/c1-14(2,3)19(17,18)10-9-16-8-7-11-12(15)5-4-6-13(11)16/h4-8H,9-10,15H2,1-3H3. The predicted molar refractivity (Wildman–Crippen MR) is 79.9 cm³/mol. The summed E-state index contributed by atoms with van der Waals surface area (Å²) in [6.45, 7) is 5.64. The highest BCUT2D eigenvalue weighted by Crippen LogP contribution is 2.23. The maximum atomic E-state index is 12.1. The molecule has 19 heavy (non-hydrogen) atoms. The van der Waals surface area contributed by atoms with E-state index in [9.17, 15) is 8.42 Å². The Kier molecular flexibility index (Phi) is 3.34. The molecule has 2 aromatic rings. The first kappa shape index (κ1) is 13.9. The van der Waals surface area contributed by atoms with Crippen molar-refractivity contribution < 1.29 is 8.42 Å². The minimum atomic E-state index is -3.10. The van der Waals surface area contributed by atoms with Gasteiger partial charge >= 0.3 is 0 Å². The molecule has 0 bridgehead atoms. The van der Waals surface area contributed by atoms with E-state index in [-0.39, 0.29) is 5.75 Å². The van der Waals surface area contributed by atoms with Crippen molar-refractivity contribution in [1.82, 2.24) is 4.57 Å². The number of rotatable bonds is 3. The van der Waals surface area contributed by atoms with Gasteiger partial charge in [-0.2, -0.15) is 0 Å². The summed E-state index contributed by atoms with van der Waals surface area (Å²) in [5.74, 6) is 0.134. The molecular formula is C14H20N2O2S. The van der Waals surface area contributed by atoms with E-state index >= 15 is 0 Å². The molecule has 0 saturated carbocycles. The summed E-state index contributed by atoms with van der Waals surface area (Å²) >= 11 is 0. The zero-order valence-electron chi connectivity index (χ0n) is 11.6. The monoisotopic (exact) mass is 280 g/mol. The first-order valence-corrected chi connectivity index (χ1v) is 7.93. The number of benzene rings is 1. The zero-order chi connectivity index (χ0) is 14.3. The van der Waals surface area contributed by atoms with Crippen molar-refractivity contribution >= 4 is 26.4 Å². The number of nitrogens with two attached hydrogens (primary N) is 1. The number of sulfone groups is 1. The minimum absolute atomic E-state index is 0.134. The van der Waals surface area contributed by atoms with Crippen LogP contribution in [0.25, 0.3) is 10.9 Å². The Morgan fingerprint density at radius 1 is 1.21 bits per heavy atom. The van der Waals surface area contributed by atoms with Crippen LogP contribution in [0.1, 0.15) is 20.8 Å². The summed E-state index contributed by atoms with van der Waals surface area (Å²) in [4.78, 5) is 0. The van der Waals surface area contributed by atoms with Gasteiger partial charge in [-0.15, -0.1) is 0 Å². The Balaban J connectivity index is 2.27. The third-order valence-electron chi connectivity index (χ3n) is 3.38. The molecule has 0 aliphatic rings. The van der Waals surface area contributed by atoms with Crippen molar-refractivity contribution in [3.8, 4) is 0 Å². The molecular weight excluding hydrogens is 260 g/mol. The van der Waals surface area contributed by atoms with Crippen LogP contribution in [0.15, 0.2) is 30.5 Å². The lowest BCUT2D eigenvalue weighted by atomic mass is 10.2. The van der Waals surface area contributed by atoms with Crippen molar-refractivity contribution in [2.24, 2.45) is 0 Å². The molecule has 0 saturated heterocycles. The second kappa shape index (κ2) is 4.56. The van der Waals surface area contributed by atoms with Crippen molar-refractivity contribution in [3.05, 3.63) is 30.5 Å². The minimum Gasteiger partial charge on any atom is -0.398 e. The van der Waals surface area contributed by atoms with Gasteiger partial charge in [-0.05, 0) is 39.0 Å². The number of hydrogen-bond acceptors (Lipinski definition) is 3. The van der Waals surface area contributed by atoms with Crippen molar-refractivity contribution in [1.29, 1.82) is 0 Å². The zero-order valence-corrected chi connectivity index (χ0v) is 12.4. The van der Waals surface area contributed by atoms with Crippen LogP contribution in [0.4, 0.5) is 5.69 Å². The largest absolute Gasteiger partial charge is 0.398 e. The van der Waals surface area contributed by atoms with Crippen LogP contribution < -0.4 is 5.73 Å².